The van der Waals surface area contributed by atoms with Gasteiger partial charge < -0.3 is 10.2 Å². The Balaban J connectivity index is 1.19. The number of amides is 2. The zero-order valence-electron chi connectivity index (χ0n) is 16.8. The molecule has 1 unspecified atom stereocenters. The van der Waals surface area contributed by atoms with Gasteiger partial charge in [-0.2, -0.15) is 0 Å². The first-order chi connectivity index (χ1) is 14.7. The number of thiazole rings is 1. The van der Waals surface area contributed by atoms with Gasteiger partial charge >= 0.3 is 0 Å². The third-order valence-corrected chi connectivity index (χ3v) is 7.25. The van der Waals surface area contributed by atoms with E-state index in [4.69, 9.17) is 4.98 Å². The minimum absolute atomic E-state index is 0.0530. The fraction of sp³-hybridized carbons (Fsp3) is 0.375. The van der Waals surface area contributed by atoms with E-state index in [1.807, 2.05) is 47.4 Å². The number of likely N-dealkylation sites (tertiary alicyclic amines) is 1. The maximum atomic E-state index is 12.7. The molecule has 1 atom stereocenters. The van der Waals surface area contributed by atoms with Gasteiger partial charge in [0.2, 0.25) is 11.8 Å². The highest BCUT2D eigenvalue weighted by atomic mass is 32.1. The Labute approximate surface area is 180 Å². The van der Waals surface area contributed by atoms with E-state index in [2.05, 4.69) is 11.4 Å². The van der Waals surface area contributed by atoms with E-state index in [0.29, 0.717) is 19.0 Å². The Kier molecular flexibility index (Phi) is 5.25. The second-order valence-corrected chi connectivity index (χ2v) is 9.44. The summed E-state index contributed by atoms with van der Waals surface area (Å²) in [5, 5.41) is 4.08. The normalized spacial score (nSPS) is 19.7. The van der Waals surface area contributed by atoms with Gasteiger partial charge in [0.25, 0.3) is 0 Å². The van der Waals surface area contributed by atoms with Crippen LogP contribution in [0.4, 0.5) is 5.69 Å². The number of anilines is 1. The molecule has 1 saturated carbocycles. The molecule has 0 radical (unpaired) electrons. The topological polar surface area (TPSA) is 62.3 Å². The van der Waals surface area contributed by atoms with Crippen LogP contribution in [-0.4, -0.2) is 34.3 Å². The van der Waals surface area contributed by atoms with E-state index in [1.54, 1.807) is 11.3 Å². The molecule has 1 aliphatic carbocycles. The number of hydrogen-bond donors (Lipinski definition) is 1. The Morgan fingerprint density at radius 1 is 1.10 bits per heavy atom. The molecule has 1 aromatic heterocycles. The van der Waals surface area contributed by atoms with Crippen LogP contribution in [0, 0.1) is 5.92 Å². The summed E-state index contributed by atoms with van der Waals surface area (Å²) in [4.78, 5) is 31.7. The van der Waals surface area contributed by atoms with Gasteiger partial charge in [-0.1, -0.05) is 37.1 Å². The summed E-state index contributed by atoms with van der Waals surface area (Å²) in [6.07, 6.45) is 5.65. The second kappa shape index (κ2) is 8.19. The lowest BCUT2D eigenvalue weighted by molar-refractivity contribution is -0.129. The van der Waals surface area contributed by atoms with Gasteiger partial charge in [0.05, 0.1) is 21.1 Å². The number of benzene rings is 2. The minimum Gasteiger partial charge on any atom is -0.339 e. The summed E-state index contributed by atoms with van der Waals surface area (Å²) >= 11 is 1.72. The second-order valence-electron chi connectivity index (χ2n) is 8.32. The molecule has 2 aromatic carbocycles. The van der Waals surface area contributed by atoms with Crippen LogP contribution < -0.4 is 5.32 Å². The monoisotopic (exact) mass is 419 g/mol. The first-order valence-electron chi connectivity index (χ1n) is 10.7. The van der Waals surface area contributed by atoms with E-state index in [9.17, 15) is 9.59 Å². The SMILES string of the molecule is O=C(Nc1ccc(Cc2nc3ccccc3s2)cc1)C1CC(=O)N(C2CCCC2)C1. The minimum atomic E-state index is -0.250. The molecule has 2 amide bonds. The molecule has 30 heavy (non-hydrogen) atoms. The number of nitrogens with one attached hydrogen (secondary N) is 1. The average Bonchev–Trinajstić information content (AvgIpc) is 3.48. The number of hydrogen-bond acceptors (Lipinski definition) is 4. The summed E-state index contributed by atoms with van der Waals surface area (Å²) in [5.41, 5.74) is 2.98. The highest BCUT2D eigenvalue weighted by Gasteiger charge is 2.38. The van der Waals surface area contributed by atoms with Crippen molar-refractivity contribution in [1.29, 1.82) is 0 Å². The molecule has 1 aliphatic heterocycles. The Morgan fingerprint density at radius 3 is 2.63 bits per heavy atom. The molecule has 2 aliphatic rings. The van der Waals surface area contributed by atoms with E-state index in [1.165, 1.54) is 17.5 Å². The van der Waals surface area contributed by atoms with E-state index >= 15 is 0 Å². The zero-order valence-corrected chi connectivity index (χ0v) is 17.7. The quantitative estimate of drug-likeness (QED) is 0.657. The standard InChI is InChI=1S/C24H25N3O2S/c28-23-14-17(15-27(23)19-5-1-2-6-19)24(29)25-18-11-9-16(10-12-18)13-22-26-20-7-3-4-8-21(20)30-22/h3-4,7-12,17,19H,1-2,5-6,13-15H2,(H,25,29). The number of carbonyl (C=O) groups is 2. The van der Waals surface area contributed by atoms with Crippen LogP contribution in [-0.2, 0) is 16.0 Å². The smallest absolute Gasteiger partial charge is 0.229 e. The lowest BCUT2D eigenvalue weighted by atomic mass is 10.1. The van der Waals surface area contributed by atoms with Crippen molar-refractivity contribution in [2.75, 3.05) is 11.9 Å². The molecule has 0 bridgehead atoms. The maximum absolute atomic E-state index is 12.7. The molecular weight excluding hydrogens is 394 g/mol. The maximum Gasteiger partial charge on any atom is 0.229 e. The molecular formula is C24H25N3O2S. The Bertz CT molecular complexity index is 1040. The van der Waals surface area contributed by atoms with Crippen molar-refractivity contribution in [3.8, 4) is 0 Å². The van der Waals surface area contributed by atoms with Gasteiger partial charge in [0.1, 0.15) is 0 Å². The molecule has 2 fully saturated rings. The van der Waals surface area contributed by atoms with E-state index in [0.717, 1.165) is 41.0 Å². The first-order valence-corrected chi connectivity index (χ1v) is 11.5. The largest absolute Gasteiger partial charge is 0.339 e. The Morgan fingerprint density at radius 2 is 1.87 bits per heavy atom. The predicted octanol–water partition coefficient (Wildman–Crippen LogP) is 4.62. The molecule has 1 saturated heterocycles. The van der Waals surface area contributed by atoms with Crippen LogP contribution in [0.2, 0.25) is 0 Å². The zero-order chi connectivity index (χ0) is 20.5. The number of fused-ring (bicyclic) bond motifs is 1. The van der Waals surface area contributed by atoms with Crippen LogP contribution in [0.15, 0.2) is 48.5 Å². The van der Waals surface area contributed by atoms with Crippen molar-refractivity contribution in [1.82, 2.24) is 9.88 Å². The molecule has 5 nitrogen and oxygen atoms in total. The number of para-hydroxylation sites is 1. The fourth-order valence-corrected chi connectivity index (χ4v) is 5.60. The number of aromatic nitrogens is 1. The third-order valence-electron chi connectivity index (χ3n) is 6.21. The summed E-state index contributed by atoms with van der Waals surface area (Å²) in [7, 11) is 0. The average molecular weight is 420 g/mol. The lowest BCUT2D eigenvalue weighted by Crippen LogP contribution is -2.35. The van der Waals surface area contributed by atoms with Crippen molar-refractivity contribution >= 4 is 39.1 Å². The van der Waals surface area contributed by atoms with Crippen LogP contribution in [0.25, 0.3) is 10.2 Å². The van der Waals surface area contributed by atoms with Gasteiger partial charge in [-0.3, -0.25) is 9.59 Å². The van der Waals surface area contributed by atoms with Crippen molar-refractivity contribution in [3.63, 3.8) is 0 Å². The van der Waals surface area contributed by atoms with Gasteiger partial charge in [-0.25, -0.2) is 4.98 Å². The summed E-state index contributed by atoms with van der Waals surface area (Å²) in [6.45, 7) is 0.561. The summed E-state index contributed by atoms with van der Waals surface area (Å²) in [5.74, 6) is -0.170. The predicted molar refractivity (Wildman–Crippen MR) is 120 cm³/mol. The molecule has 3 aromatic rings. The van der Waals surface area contributed by atoms with E-state index in [-0.39, 0.29) is 17.7 Å². The van der Waals surface area contributed by atoms with Crippen LogP contribution in [0.1, 0.15) is 42.7 Å². The molecule has 154 valence electrons. The van der Waals surface area contributed by atoms with Crippen molar-refractivity contribution in [2.45, 2.75) is 44.6 Å². The van der Waals surface area contributed by atoms with Gasteiger partial charge in [-0.05, 0) is 42.7 Å². The number of nitrogens with zero attached hydrogens (tertiary/aromatic N) is 2. The highest BCUT2D eigenvalue weighted by Crippen LogP contribution is 2.30. The van der Waals surface area contributed by atoms with Crippen molar-refractivity contribution < 1.29 is 9.59 Å². The summed E-state index contributed by atoms with van der Waals surface area (Å²) < 4.78 is 1.20. The van der Waals surface area contributed by atoms with Crippen LogP contribution in [0.5, 0.6) is 0 Å². The molecule has 2 heterocycles. The number of carbonyl (C=O) groups excluding carboxylic acids is 2. The first kappa shape index (κ1) is 19.2. The number of rotatable bonds is 5. The van der Waals surface area contributed by atoms with E-state index < -0.39 is 0 Å². The molecule has 1 N–H and O–H groups in total. The van der Waals surface area contributed by atoms with Gasteiger partial charge in [0, 0.05) is 31.1 Å². The summed E-state index contributed by atoms with van der Waals surface area (Å²) in [6, 6.07) is 16.5. The van der Waals surface area contributed by atoms with Crippen LogP contribution >= 0.6 is 11.3 Å². The Hall–Kier alpha value is -2.73. The molecule has 5 rings (SSSR count). The van der Waals surface area contributed by atoms with Crippen molar-refractivity contribution in [3.05, 3.63) is 59.1 Å². The van der Waals surface area contributed by atoms with Gasteiger partial charge in [-0.15, -0.1) is 11.3 Å². The van der Waals surface area contributed by atoms with Crippen molar-refractivity contribution in [2.24, 2.45) is 5.92 Å². The lowest BCUT2D eigenvalue weighted by Gasteiger charge is -2.23. The third kappa shape index (κ3) is 3.97. The van der Waals surface area contributed by atoms with Gasteiger partial charge in [0.15, 0.2) is 0 Å². The highest BCUT2D eigenvalue weighted by molar-refractivity contribution is 7.18. The van der Waals surface area contributed by atoms with Crippen LogP contribution in [0.3, 0.4) is 0 Å². The molecule has 6 heteroatoms. The fourth-order valence-electron chi connectivity index (χ4n) is 4.60. The molecule has 0 spiro atoms.